The van der Waals surface area contributed by atoms with Gasteiger partial charge in [0.25, 0.3) is 0 Å². The topological polar surface area (TPSA) is 55.8 Å². The average Bonchev–Trinajstić information content (AvgIpc) is 2.48. The van der Waals surface area contributed by atoms with Crippen LogP contribution in [0.1, 0.15) is 32.3 Å². The van der Waals surface area contributed by atoms with Crippen molar-refractivity contribution in [3.8, 4) is 11.5 Å². The van der Waals surface area contributed by atoms with E-state index in [4.69, 9.17) is 9.47 Å². The summed E-state index contributed by atoms with van der Waals surface area (Å²) in [6, 6.07) is 5.69. The Morgan fingerprint density at radius 2 is 2.00 bits per heavy atom. The fourth-order valence-corrected chi connectivity index (χ4v) is 3.55. The summed E-state index contributed by atoms with van der Waals surface area (Å²) in [6.45, 7) is 3.47. The van der Waals surface area contributed by atoms with Crippen molar-refractivity contribution in [1.29, 1.82) is 0 Å². The van der Waals surface area contributed by atoms with E-state index in [1.807, 2.05) is 30.0 Å². The molecule has 2 rings (SSSR count). The molecule has 1 aliphatic rings. The van der Waals surface area contributed by atoms with Crippen LogP contribution in [-0.4, -0.2) is 35.8 Å². The number of carboxylic acid groups (broad SMARTS) is 1. The number of thioether (sulfide) groups is 1. The minimum atomic E-state index is -0.798. The standard InChI is InChI=1S/C17H24O4S/c1-17(2,16(18)19)11-12-4-5-14(20-3)15(10-12)21-13-6-8-22-9-7-13/h4-5,10,13H,6-9,11H2,1-3H3,(H,18,19). The van der Waals surface area contributed by atoms with Crippen LogP contribution in [0.2, 0.25) is 0 Å². The Morgan fingerprint density at radius 3 is 2.59 bits per heavy atom. The van der Waals surface area contributed by atoms with Gasteiger partial charge in [0, 0.05) is 0 Å². The van der Waals surface area contributed by atoms with Gasteiger partial charge in [0.05, 0.1) is 12.5 Å². The highest BCUT2D eigenvalue weighted by atomic mass is 32.2. The molecule has 1 fully saturated rings. The van der Waals surface area contributed by atoms with Crippen LogP contribution in [0.25, 0.3) is 0 Å². The second-order valence-electron chi connectivity index (χ2n) is 6.28. The number of aliphatic carboxylic acids is 1. The molecule has 4 nitrogen and oxygen atoms in total. The molecule has 1 saturated heterocycles. The first-order chi connectivity index (χ1) is 10.4. The zero-order valence-electron chi connectivity index (χ0n) is 13.4. The van der Waals surface area contributed by atoms with E-state index in [2.05, 4.69) is 0 Å². The third-order valence-electron chi connectivity index (χ3n) is 3.92. The summed E-state index contributed by atoms with van der Waals surface area (Å²) >= 11 is 1.96. The van der Waals surface area contributed by atoms with E-state index in [-0.39, 0.29) is 6.10 Å². The van der Waals surface area contributed by atoms with Gasteiger partial charge in [-0.1, -0.05) is 6.07 Å². The smallest absolute Gasteiger partial charge is 0.309 e. The van der Waals surface area contributed by atoms with Crippen LogP contribution in [0.3, 0.4) is 0 Å². The monoisotopic (exact) mass is 324 g/mol. The molecular formula is C17H24O4S. The number of ether oxygens (including phenoxy) is 2. The second-order valence-corrected chi connectivity index (χ2v) is 7.51. The van der Waals surface area contributed by atoms with E-state index in [9.17, 15) is 9.90 Å². The van der Waals surface area contributed by atoms with Crippen LogP contribution in [-0.2, 0) is 11.2 Å². The summed E-state index contributed by atoms with van der Waals surface area (Å²) < 4.78 is 11.5. The molecule has 1 aromatic carbocycles. The molecule has 0 radical (unpaired) electrons. The van der Waals surface area contributed by atoms with Gasteiger partial charge >= 0.3 is 5.97 Å². The fraction of sp³-hybridized carbons (Fsp3) is 0.588. The van der Waals surface area contributed by atoms with Crippen LogP contribution in [0.4, 0.5) is 0 Å². The summed E-state index contributed by atoms with van der Waals surface area (Å²) in [6.07, 6.45) is 2.76. The first-order valence-electron chi connectivity index (χ1n) is 7.57. The molecule has 5 heteroatoms. The lowest BCUT2D eigenvalue weighted by atomic mass is 9.86. The minimum absolute atomic E-state index is 0.220. The summed E-state index contributed by atoms with van der Waals surface area (Å²) in [5.74, 6) is 2.88. The van der Waals surface area contributed by atoms with Crippen molar-refractivity contribution in [3.05, 3.63) is 23.8 Å². The van der Waals surface area contributed by atoms with E-state index < -0.39 is 11.4 Å². The van der Waals surface area contributed by atoms with Gasteiger partial charge in [-0.2, -0.15) is 11.8 Å². The third-order valence-corrected chi connectivity index (χ3v) is 4.96. The molecule has 1 heterocycles. The van der Waals surface area contributed by atoms with Gasteiger partial charge in [0.1, 0.15) is 6.10 Å². The molecule has 1 aromatic rings. The van der Waals surface area contributed by atoms with Gasteiger partial charge in [-0.3, -0.25) is 4.79 Å². The minimum Gasteiger partial charge on any atom is -0.493 e. The van der Waals surface area contributed by atoms with Gasteiger partial charge in [-0.15, -0.1) is 0 Å². The Kier molecular flexibility index (Phi) is 5.62. The first kappa shape index (κ1) is 17.0. The van der Waals surface area contributed by atoms with E-state index in [1.54, 1.807) is 21.0 Å². The predicted octanol–water partition coefficient (Wildman–Crippen LogP) is 3.62. The number of rotatable bonds is 6. The van der Waals surface area contributed by atoms with Crippen LogP contribution in [0, 0.1) is 5.41 Å². The van der Waals surface area contributed by atoms with E-state index in [0.717, 1.165) is 35.7 Å². The first-order valence-corrected chi connectivity index (χ1v) is 8.72. The normalized spacial score (nSPS) is 16.3. The van der Waals surface area contributed by atoms with Crippen molar-refractivity contribution < 1.29 is 19.4 Å². The van der Waals surface area contributed by atoms with Crippen LogP contribution in [0.15, 0.2) is 18.2 Å². The Bertz CT molecular complexity index is 521. The van der Waals surface area contributed by atoms with Crippen LogP contribution < -0.4 is 9.47 Å². The SMILES string of the molecule is COc1ccc(CC(C)(C)C(=O)O)cc1OC1CCSCC1. The number of hydrogen-bond acceptors (Lipinski definition) is 4. The lowest BCUT2D eigenvalue weighted by Gasteiger charge is -2.25. The summed E-state index contributed by atoms with van der Waals surface area (Å²) in [7, 11) is 1.62. The number of benzene rings is 1. The van der Waals surface area contributed by atoms with Crippen molar-refractivity contribution in [2.24, 2.45) is 5.41 Å². The van der Waals surface area contributed by atoms with E-state index >= 15 is 0 Å². The summed E-state index contributed by atoms with van der Waals surface area (Å²) in [5.41, 5.74) is 0.154. The molecule has 0 spiro atoms. The van der Waals surface area contributed by atoms with Gasteiger partial charge in [-0.25, -0.2) is 0 Å². The molecule has 0 saturated carbocycles. The van der Waals surface area contributed by atoms with Crippen molar-refractivity contribution in [3.63, 3.8) is 0 Å². The third kappa shape index (κ3) is 4.32. The maximum Gasteiger partial charge on any atom is 0.309 e. The molecule has 0 aliphatic carbocycles. The number of carbonyl (C=O) groups is 1. The lowest BCUT2D eigenvalue weighted by Crippen LogP contribution is -2.26. The maximum absolute atomic E-state index is 11.3. The molecule has 122 valence electrons. The van der Waals surface area contributed by atoms with Crippen molar-refractivity contribution in [1.82, 2.24) is 0 Å². The number of carboxylic acids is 1. The molecule has 1 N–H and O–H groups in total. The molecule has 0 bridgehead atoms. The van der Waals surface area contributed by atoms with Gasteiger partial charge in [-0.05, 0) is 62.3 Å². The average molecular weight is 324 g/mol. The maximum atomic E-state index is 11.3. The van der Waals surface area contributed by atoms with Gasteiger partial charge < -0.3 is 14.6 Å². The van der Waals surface area contributed by atoms with E-state index in [0.29, 0.717) is 12.2 Å². The largest absolute Gasteiger partial charge is 0.493 e. The number of hydrogen-bond donors (Lipinski definition) is 1. The zero-order chi connectivity index (χ0) is 16.2. The Labute approximate surface area is 136 Å². The quantitative estimate of drug-likeness (QED) is 0.866. The Balaban J connectivity index is 2.16. The molecule has 0 amide bonds. The molecule has 0 atom stereocenters. The Morgan fingerprint density at radius 1 is 1.32 bits per heavy atom. The Hall–Kier alpha value is -1.36. The number of methoxy groups -OCH3 is 1. The molecular weight excluding hydrogens is 300 g/mol. The second kappa shape index (κ2) is 7.27. The van der Waals surface area contributed by atoms with E-state index in [1.165, 1.54) is 0 Å². The highest BCUT2D eigenvalue weighted by Gasteiger charge is 2.28. The highest BCUT2D eigenvalue weighted by Crippen LogP contribution is 2.33. The van der Waals surface area contributed by atoms with Gasteiger partial charge in [0.2, 0.25) is 0 Å². The van der Waals surface area contributed by atoms with Crippen LogP contribution >= 0.6 is 11.8 Å². The molecule has 0 aromatic heterocycles. The van der Waals surface area contributed by atoms with Crippen molar-refractivity contribution >= 4 is 17.7 Å². The molecule has 1 aliphatic heterocycles. The fourth-order valence-electron chi connectivity index (χ4n) is 2.48. The van der Waals surface area contributed by atoms with Crippen LogP contribution in [0.5, 0.6) is 11.5 Å². The summed E-state index contributed by atoms with van der Waals surface area (Å²) in [4.78, 5) is 11.3. The predicted molar refractivity (Wildman–Crippen MR) is 89.1 cm³/mol. The summed E-state index contributed by atoms with van der Waals surface area (Å²) in [5, 5.41) is 9.28. The zero-order valence-corrected chi connectivity index (χ0v) is 14.2. The molecule has 22 heavy (non-hydrogen) atoms. The lowest BCUT2D eigenvalue weighted by molar-refractivity contribution is -0.146. The van der Waals surface area contributed by atoms with Crippen molar-refractivity contribution in [2.45, 2.75) is 39.2 Å². The molecule has 0 unspecified atom stereocenters. The van der Waals surface area contributed by atoms with Gasteiger partial charge in [0.15, 0.2) is 11.5 Å². The van der Waals surface area contributed by atoms with Crippen molar-refractivity contribution in [2.75, 3.05) is 18.6 Å². The highest BCUT2D eigenvalue weighted by molar-refractivity contribution is 7.99.